The number of rotatable bonds is 1. The second-order valence-corrected chi connectivity index (χ2v) is 4.53. The van der Waals surface area contributed by atoms with Gasteiger partial charge in [-0.1, -0.05) is 25.1 Å². The fourth-order valence-electron chi connectivity index (χ4n) is 2.76. The van der Waals surface area contributed by atoms with Crippen molar-refractivity contribution in [2.24, 2.45) is 0 Å². The molecule has 1 heterocycles. The third kappa shape index (κ3) is 1.11. The van der Waals surface area contributed by atoms with Crippen LogP contribution in [0.3, 0.4) is 0 Å². The van der Waals surface area contributed by atoms with Crippen LogP contribution in [-0.2, 0) is 4.79 Å². The molecule has 82 valence electrons. The predicted molar refractivity (Wildman–Crippen MR) is 61.7 cm³/mol. The van der Waals surface area contributed by atoms with Crippen LogP contribution in [-0.4, -0.2) is 16.1 Å². The van der Waals surface area contributed by atoms with Gasteiger partial charge >= 0.3 is 5.97 Å². The second kappa shape index (κ2) is 3.11. The summed E-state index contributed by atoms with van der Waals surface area (Å²) in [6.07, 6.45) is 0.710. The van der Waals surface area contributed by atoms with E-state index >= 15 is 0 Å². The van der Waals surface area contributed by atoms with Crippen LogP contribution in [0.1, 0.15) is 36.4 Å². The Labute approximate surface area is 93.1 Å². The maximum atomic E-state index is 11.2. The third-order valence-electron chi connectivity index (χ3n) is 3.51. The van der Waals surface area contributed by atoms with Gasteiger partial charge in [-0.3, -0.25) is 4.79 Å². The number of para-hydroxylation sites is 1. The van der Waals surface area contributed by atoms with Gasteiger partial charge in [0.2, 0.25) is 0 Å². The van der Waals surface area contributed by atoms with Crippen LogP contribution >= 0.6 is 0 Å². The summed E-state index contributed by atoms with van der Waals surface area (Å²) in [4.78, 5) is 14.6. The Hall–Kier alpha value is -1.77. The molecule has 1 aromatic carbocycles. The molecule has 0 radical (unpaired) electrons. The summed E-state index contributed by atoms with van der Waals surface area (Å²) >= 11 is 0. The van der Waals surface area contributed by atoms with E-state index in [0.29, 0.717) is 12.3 Å². The molecule has 0 spiro atoms. The molecule has 0 bridgehead atoms. The number of aromatic nitrogens is 1. The van der Waals surface area contributed by atoms with Crippen molar-refractivity contribution in [3.63, 3.8) is 0 Å². The zero-order valence-corrected chi connectivity index (χ0v) is 9.03. The Morgan fingerprint density at radius 1 is 1.44 bits per heavy atom. The molecule has 3 nitrogen and oxygen atoms in total. The van der Waals surface area contributed by atoms with Crippen molar-refractivity contribution in [3.8, 4) is 0 Å². The highest BCUT2D eigenvalue weighted by molar-refractivity contribution is 5.92. The summed E-state index contributed by atoms with van der Waals surface area (Å²) < 4.78 is 0. The Kier molecular flexibility index (Phi) is 1.84. The fraction of sp³-hybridized carbons (Fsp3) is 0.308. The molecule has 0 amide bonds. The van der Waals surface area contributed by atoms with Gasteiger partial charge in [-0.25, -0.2) is 0 Å². The number of aliphatic carboxylic acids is 1. The standard InChI is InChI=1S/C13H13NO2/c1-7-6-9(13(15)16)11-8-4-2-3-5-10(8)14-12(7)11/h2-5,7,9,14H,6H2,1H3,(H,15,16). The molecular formula is C13H13NO2. The number of benzene rings is 1. The number of hydrogen-bond acceptors (Lipinski definition) is 1. The highest BCUT2D eigenvalue weighted by atomic mass is 16.4. The van der Waals surface area contributed by atoms with Crippen molar-refractivity contribution >= 4 is 16.9 Å². The van der Waals surface area contributed by atoms with E-state index in [0.717, 1.165) is 22.2 Å². The van der Waals surface area contributed by atoms with Gasteiger partial charge in [-0.15, -0.1) is 0 Å². The highest BCUT2D eigenvalue weighted by Gasteiger charge is 2.36. The molecule has 0 aliphatic heterocycles. The van der Waals surface area contributed by atoms with Crippen molar-refractivity contribution in [1.82, 2.24) is 4.98 Å². The number of carboxylic acid groups (broad SMARTS) is 1. The number of carbonyl (C=O) groups is 1. The summed E-state index contributed by atoms with van der Waals surface area (Å²) in [5.74, 6) is -0.750. The summed E-state index contributed by atoms with van der Waals surface area (Å²) in [6, 6.07) is 7.92. The van der Waals surface area contributed by atoms with E-state index in [9.17, 15) is 9.90 Å². The SMILES string of the molecule is CC1CC(C(=O)O)c2c1[nH]c1ccccc21. The quantitative estimate of drug-likeness (QED) is 0.768. The van der Waals surface area contributed by atoms with Crippen molar-refractivity contribution in [2.45, 2.75) is 25.2 Å². The van der Waals surface area contributed by atoms with Gasteiger partial charge in [0.15, 0.2) is 0 Å². The first kappa shape index (κ1) is 9.46. The summed E-state index contributed by atoms with van der Waals surface area (Å²) in [7, 11) is 0. The first-order valence-corrected chi connectivity index (χ1v) is 5.51. The Morgan fingerprint density at radius 3 is 2.94 bits per heavy atom. The molecule has 0 saturated heterocycles. The molecule has 2 unspecified atom stereocenters. The van der Waals surface area contributed by atoms with Crippen LogP contribution < -0.4 is 0 Å². The first-order chi connectivity index (χ1) is 7.68. The largest absolute Gasteiger partial charge is 0.481 e. The van der Waals surface area contributed by atoms with Crippen LogP contribution in [0.15, 0.2) is 24.3 Å². The minimum Gasteiger partial charge on any atom is -0.481 e. The van der Waals surface area contributed by atoms with E-state index in [1.165, 1.54) is 0 Å². The highest BCUT2D eigenvalue weighted by Crippen LogP contribution is 2.44. The van der Waals surface area contributed by atoms with E-state index in [4.69, 9.17) is 0 Å². The van der Waals surface area contributed by atoms with Crippen molar-refractivity contribution < 1.29 is 9.90 Å². The number of fused-ring (bicyclic) bond motifs is 3. The lowest BCUT2D eigenvalue weighted by Gasteiger charge is -2.05. The molecule has 2 atom stereocenters. The van der Waals surface area contributed by atoms with E-state index in [1.807, 2.05) is 24.3 Å². The van der Waals surface area contributed by atoms with Crippen molar-refractivity contribution in [3.05, 3.63) is 35.5 Å². The lowest BCUT2D eigenvalue weighted by atomic mass is 10.00. The molecule has 1 aliphatic rings. The average Bonchev–Trinajstić information content (AvgIpc) is 2.77. The number of H-pyrrole nitrogens is 1. The minimum absolute atomic E-state index is 0.309. The molecule has 2 N–H and O–H groups in total. The lowest BCUT2D eigenvalue weighted by Crippen LogP contribution is -2.07. The predicted octanol–water partition coefficient (Wildman–Crippen LogP) is 2.84. The number of carboxylic acids is 1. The second-order valence-electron chi connectivity index (χ2n) is 4.53. The zero-order valence-electron chi connectivity index (χ0n) is 9.03. The van der Waals surface area contributed by atoms with Crippen molar-refractivity contribution in [1.29, 1.82) is 0 Å². The molecular weight excluding hydrogens is 202 g/mol. The summed E-state index contributed by atoms with van der Waals surface area (Å²) in [5, 5.41) is 10.3. The molecule has 3 heteroatoms. The Morgan fingerprint density at radius 2 is 2.19 bits per heavy atom. The summed E-state index contributed by atoms with van der Waals surface area (Å²) in [5.41, 5.74) is 3.15. The third-order valence-corrected chi connectivity index (χ3v) is 3.51. The van der Waals surface area contributed by atoms with Crippen LogP contribution in [0, 0.1) is 0 Å². The van der Waals surface area contributed by atoms with E-state index in [1.54, 1.807) is 0 Å². The minimum atomic E-state index is -0.713. The fourth-order valence-corrected chi connectivity index (χ4v) is 2.76. The molecule has 3 rings (SSSR count). The average molecular weight is 215 g/mol. The van der Waals surface area contributed by atoms with Crippen molar-refractivity contribution in [2.75, 3.05) is 0 Å². The Balaban J connectivity index is 2.30. The van der Waals surface area contributed by atoms with Crippen LogP contribution in [0.4, 0.5) is 0 Å². The topological polar surface area (TPSA) is 53.1 Å². The van der Waals surface area contributed by atoms with Crippen LogP contribution in [0.25, 0.3) is 10.9 Å². The van der Waals surface area contributed by atoms with E-state index < -0.39 is 5.97 Å². The monoisotopic (exact) mass is 215 g/mol. The molecule has 0 fully saturated rings. The van der Waals surface area contributed by atoms with Gasteiger partial charge in [0.05, 0.1) is 5.92 Å². The van der Waals surface area contributed by atoms with Crippen LogP contribution in [0.2, 0.25) is 0 Å². The number of nitrogens with one attached hydrogen (secondary N) is 1. The molecule has 1 aliphatic carbocycles. The zero-order chi connectivity index (χ0) is 11.3. The van der Waals surface area contributed by atoms with Gasteiger partial charge in [0, 0.05) is 16.6 Å². The molecule has 2 aromatic rings. The van der Waals surface area contributed by atoms with E-state index in [2.05, 4.69) is 11.9 Å². The normalized spacial score (nSPS) is 23.6. The van der Waals surface area contributed by atoms with Gasteiger partial charge in [-0.05, 0) is 24.0 Å². The number of hydrogen-bond donors (Lipinski definition) is 2. The van der Waals surface area contributed by atoms with E-state index in [-0.39, 0.29) is 5.92 Å². The first-order valence-electron chi connectivity index (χ1n) is 5.51. The van der Waals surface area contributed by atoms with Gasteiger partial charge in [0.25, 0.3) is 0 Å². The molecule has 0 saturated carbocycles. The maximum Gasteiger partial charge on any atom is 0.311 e. The lowest BCUT2D eigenvalue weighted by molar-refractivity contribution is -0.138. The Bertz CT molecular complexity index is 570. The van der Waals surface area contributed by atoms with Gasteiger partial charge < -0.3 is 10.1 Å². The number of aromatic amines is 1. The maximum absolute atomic E-state index is 11.2. The summed E-state index contributed by atoms with van der Waals surface area (Å²) in [6.45, 7) is 2.08. The molecule has 1 aromatic heterocycles. The van der Waals surface area contributed by atoms with Crippen LogP contribution in [0.5, 0.6) is 0 Å². The van der Waals surface area contributed by atoms with Gasteiger partial charge in [0.1, 0.15) is 0 Å². The van der Waals surface area contributed by atoms with Gasteiger partial charge in [-0.2, -0.15) is 0 Å². The molecule has 16 heavy (non-hydrogen) atoms. The smallest absolute Gasteiger partial charge is 0.311 e.